The first-order valence-electron chi connectivity index (χ1n) is 0.204. The molecule has 0 saturated carbocycles. The third-order valence-electron chi connectivity index (χ3n) is 0. The standard InChI is InChI=1S/In.O.Sb.Sn.Zn. The van der Waals surface area contributed by atoms with Crippen molar-refractivity contribution in [2.75, 3.05) is 0 Å². The van der Waals surface area contributed by atoms with Crippen LogP contribution in [0.5, 0.6) is 0 Å². The van der Waals surface area contributed by atoms with E-state index >= 15 is 0 Å². The van der Waals surface area contributed by atoms with Crippen molar-refractivity contribution >= 4 is 72.8 Å². The van der Waals surface area contributed by atoms with Crippen LogP contribution in [0.1, 0.15) is 0 Å². The second-order valence-corrected chi connectivity index (χ2v) is 0. The van der Waals surface area contributed by atoms with Gasteiger partial charge in [-0.05, 0) is 0 Å². The average molecular weight is 437 g/mol. The summed E-state index contributed by atoms with van der Waals surface area (Å²) in [4.78, 5) is 0. The van der Waals surface area contributed by atoms with Crippen molar-refractivity contribution in [2.24, 2.45) is 0 Å². The molecule has 0 aromatic carbocycles. The second-order valence-electron chi connectivity index (χ2n) is 0. The van der Waals surface area contributed by atoms with Crippen LogP contribution in [-0.4, -0.2) is 72.8 Å². The molecule has 0 spiro atoms. The molecule has 0 bridgehead atoms. The van der Waals surface area contributed by atoms with Crippen LogP contribution in [0.2, 0.25) is 0 Å². The van der Waals surface area contributed by atoms with Crippen LogP contribution in [0.15, 0.2) is 0 Å². The maximum Gasteiger partial charge on any atom is 0 e. The fraction of sp³-hybridized carbons (Fsp3) is 0. The van der Waals surface area contributed by atoms with E-state index in [1.807, 2.05) is 0 Å². The Kier molecular flexibility index (Phi) is 141. The summed E-state index contributed by atoms with van der Waals surface area (Å²) in [6.07, 6.45) is 0. The maximum absolute atomic E-state index is 8.34. The Morgan fingerprint density at radius 2 is 1.20 bits per heavy atom. The van der Waals surface area contributed by atoms with Gasteiger partial charge in [0.05, 0.1) is 0 Å². The normalized spacial score (nSPS) is 0.800. The number of rotatable bonds is 0. The molecule has 0 heterocycles. The van der Waals surface area contributed by atoms with E-state index in [1.165, 1.54) is 0 Å². The Balaban J connectivity index is -0.00000000167. The molecule has 0 aliphatic heterocycles. The van der Waals surface area contributed by atoms with Crippen molar-refractivity contribution in [1.82, 2.24) is 0 Å². The van der Waals surface area contributed by atoms with Crippen LogP contribution in [-0.2, 0) is 22.6 Å². The first-order valence-corrected chi connectivity index (χ1v) is 1.37. The van der Waals surface area contributed by atoms with Gasteiger partial charge in [0.25, 0.3) is 0 Å². The molecule has 5 heteroatoms. The Morgan fingerprint density at radius 3 is 1.20 bits per heavy atom. The van der Waals surface area contributed by atoms with Gasteiger partial charge in [0.15, 0.2) is 0 Å². The summed E-state index contributed by atoms with van der Waals surface area (Å²) in [5, 5.41) is 0. The molecular formula is InOSbSnZn. The monoisotopic (exact) mass is 436 g/mol. The van der Waals surface area contributed by atoms with Gasteiger partial charge in [-0.15, -0.1) is 0 Å². The SMILES string of the molecule is [In].[O]=[Sn].[Sb].[Zn]. The maximum atomic E-state index is 8.34. The van der Waals surface area contributed by atoms with Crippen molar-refractivity contribution in [1.29, 1.82) is 0 Å². The molecule has 5 heavy (non-hydrogen) atoms. The van der Waals surface area contributed by atoms with Gasteiger partial charge in [-0.3, -0.25) is 0 Å². The molecule has 0 saturated heterocycles. The zero-order valence-electron chi connectivity index (χ0n) is 2.64. The Bertz CT molecular complexity index is 11.6. The van der Waals surface area contributed by atoms with Crippen molar-refractivity contribution in [3.63, 3.8) is 0 Å². The quantitative estimate of drug-likeness (QED) is 0.433. The Labute approximate surface area is 93.5 Å². The summed E-state index contributed by atoms with van der Waals surface area (Å²) in [7, 11) is 0. The first kappa shape index (κ1) is 24.7. The molecule has 0 aliphatic rings. The molecule has 0 rings (SSSR count). The Morgan fingerprint density at radius 1 is 1.20 bits per heavy atom. The molecule has 0 unspecified atom stereocenters. The minimum Gasteiger partial charge on any atom is 0 e. The van der Waals surface area contributed by atoms with Crippen molar-refractivity contribution in [3.05, 3.63) is 0 Å². The molecule has 1 nitrogen and oxygen atoms in total. The summed E-state index contributed by atoms with van der Waals surface area (Å²) in [6, 6.07) is 0. The molecule has 0 fully saturated rings. The van der Waals surface area contributed by atoms with Crippen molar-refractivity contribution < 1.29 is 22.6 Å². The molecule has 0 atom stereocenters. The molecule has 8 radical (unpaired) electrons. The molecule has 0 aliphatic carbocycles. The predicted octanol–water partition coefficient (Wildman–Crippen LogP) is -1.26. The molecule has 0 N–H and O–H groups in total. The summed E-state index contributed by atoms with van der Waals surface area (Å²) in [5.41, 5.74) is 0. The summed E-state index contributed by atoms with van der Waals surface area (Å²) in [5.74, 6) is 0. The molecule has 20 valence electrons. The average Bonchev–Trinajstić information content (AvgIpc) is 1.00. The van der Waals surface area contributed by atoms with E-state index in [0.717, 1.165) is 0 Å². The van der Waals surface area contributed by atoms with Crippen LogP contribution in [0, 0.1) is 0 Å². The van der Waals surface area contributed by atoms with E-state index in [9.17, 15) is 0 Å². The van der Waals surface area contributed by atoms with Crippen molar-refractivity contribution in [3.8, 4) is 0 Å². The fourth-order valence-corrected chi connectivity index (χ4v) is 0. The number of hydrogen-bond donors (Lipinski definition) is 0. The molecule has 0 aromatic rings. The van der Waals surface area contributed by atoms with Gasteiger partial charge < -0.3 is 0 Å². The van der Waals surface area contributed by atoms with E-state index in [-0.39, 0.29) is 69.7 Å². The van der Waals surface area contributed by atoms with E-state index in [1.54, 1.807) is 0 Å². The minimum atomic E-state index is 0. The van der Waals surface area contributed by atoms with Crippen LogP contribution < -0.4 is 0 Å². The van der Waals surface area contributed by atoms with Gasteiger partial charge >= 0.3 is 25.6 Å². The van der Waals surface area contributed by atoms with E-state index < -0.39 is 0 Å². The second kappa shape index (κ2) is 28.5. The minimum absolute atomic E-state index is 0. The van der Waals surface area contributed by atoms with Gasteiger partial charge in [-0.2, -0.15) is 0 Å². The first-order chi connectivity index (χ1) is 1.00. The van der Waals surface area contributed by atoms with Crippen molar-refractivity contribution in [2.45, 2.75) is 0 Å². The van der Waals surface area contributed by atoms with E-state index in [4.69, 9.17) is 3.08 Å². The molecular weight excluding hydrogens is 437 g/mol. The zero-order chi connectivity index (χ0) is 2.00. The number of hydrogen-bond acceptors (Lipinski definition) is 1. The van der Waals surface area contributed by atoms with Gasteiger partial charge in [0.1, 0.15) is 0 Å². The fourth-order valence-electron chi connectivity index (χ4n) is 0. The molecule has 0 amide bonds. The van der Waals surface area contributed by atoms with Crippen LogP contribution in [0.3, 0.4) is 0 Å². The largest absolute Gasteiger partial charge is 0 e. The van der Waals surface area contributed by atoms with Gasteiger partial charge in [-0.1, -0.05) is 0 Å². The summed E-state index contributed by atoms with van der Waals surface area (Å²) in [6.45, 7) is 0. The smallest absolute Gasteiger partial charge is 0 e. The third-order valence-corrected chi connectivity index (χ3v) is 0. The van der Waals surface area contributed by atoms with Crippen LogP contribution >= 0.6 is 0 Å². The van der Waals surface area contributed by atoms with Crippen LogP contribution in [0.4, 0.5) is 0 Å². The predicted molar refractivity (Wildman–Crippen MR) is 17.9 cm³/mol. The van der Waals surface area contributed by atoms with Gasteiger partial charge in [0.2, 0.25) is 0 Å². The topological polar surface area (TPSA) is 17.1 Å². The summed E-state index contributed by atoms with van der Waals surface area (Å²) >= 11 is 0.300. The Hall–Kier alpha value is 2.91. The van der Waals surface area contributed by atoms with Gasteiger partial charge in [-0.25, -0.2) is 0 Å². The van der Waals surface area contributed by atoms with Gasteiger partial charge in [0, 0.05) is 69.7 Å². The van der Waals surface area contributed by atoms with E-state index in [2.05, 4.69) is 0 Å². The zero-order valence-corrected chi connectivity index (χ0v) is 14.3. The van der Waals surface area contributed by atoms with Crippen LogP contribution in [0.25, 0.3) is 0 Å². The third kappa shape index (κ3) is 19.7. The van der Waals surface area contributed by atoms with E-state index in [0.29, 0.717) is 22.5 Å². The summed E-state index contributed by atoms with van der Waals surface area (Å²) < 4.78 is 8.34. The molecule has 0 aromatic heterocycles.